The number of allylic oxidation sites excluding steroid dienone is 1. The third-order valence-electron chi connectivity index (χ3n) is 4.16. The van der Waals surface area contributed by atoms with Gasteiger partial charge in [0, 0.05) is 17.0 Å². The molecule has 5 nitrogen and oxygen atoms in total. The van der Waals surface area contributed by atoms with Gasteiger partial charge in [0.25, 0.3) is 0 Å². The van der Waals surface area contributed by atoms with Gasteiger partial charge in [-0.2, -0.15) is 0 Å². The molecule has 30 heavy (non-hydrogen) atoms. The second-order valence-electron chi connectivity index (χ2n) is 7.69. The molecule has 0 heterocycles. The number of aryl methyl sites for hydroxylation is 1. The third-order valence-corrected chi connectivity index (χ3v) is 5.05. The Morgan fingerprint density at radius 1 is 1.13 bits per heavy atom. The topological polar surface area (TPSA) is 64.6 Å². The maximum absolute atomic E-state index is 12.8. The Balaban J connectivity index is 2.03. The van der Waals surface area contributed by atoms with E-state index in [1.165, 1.54) is 11.8 Å². The van der Waals surface area contributed by atoms with Crippen LogP contribution in [-0.2, 0) is 17.6 Å². The molecule has 0 saturated carbocycles. The number of hydrogen-bond acceptors (Lipinski definition) is 5. The molecule has 0 saturated heterocycles. The van der Waals surface area contributed by atoms with E-state index in [0.29, 0.717) is 35.6 Å². The summed E-state index contributed by atoms with van der Waals surface area (Å²) in [4.78, 5) is 24.9. The first-order valence-corrected chi connectivity index (χ1v) is 10.7. The molecular formula is C24H29NO4S. The SMILES string of the molecule is C=CCc1ccc(OC)cc1C(=O)SCCc1ccccc1NC(=O)OC(C)(C)C. The fourth-order valence-electron chi connectivity index (χ4n) is 2.81. The van der Waals surface area contributed by atoms with Crippen LogP contribution >= 0.6 is 11.8 Å². The molecule has 2 aromatic carbocycles. The van der Waals surface area contributed by atoms with Crippen LogP contribution in [0.3, 0.4) is 0 Å². The standard InChI is InChI=1S/C24H29NO4S/c1-6-9-17-12-13-19(28-5)16-20(17)22(26)30-15-14-18-10-7-8-11-21(18)25-23(27)29-24(2,3)4/h6-8,10-13,16H,1,9,14-15H2,2-5H3,(H,25,27). The van der Waals surface area contributed by atoms with Gasteiger partial charge >= 0.3 is 6.09 Å². The maximum Gasteiger partial charge on any atom is 0.412 e. The van der Waals surface area contributed by atoms with Gasteiger partial charge in [0.15, 0.2) is 0 Å². The van der Waals surface area contributed by atoms with Gasteiger partial charge in [-0.05, 0) is 62.9 Å². The predicted octanol–water partition coefficient (Wildman–Crippen LogP) is 5.89. The average molecular weight is 428 g/mol. The van der Waals surface area contributed by atoms with Crippen LogP contribution in [0.1, 0.15) is 42.3 Å². The number of benzene rings is 2. The van der Waals surface area contributed by atoms with Crippen molar-refractivity contribution in [2.45, 2.75) is 39.2 Å². The van der Waals surface area contributed by atoms with Crippen molar-refractivity contribution in [1.82, 2.24) is 0 Å². The highest BCUT2D eigenvalue weighted by Crippen LogP contribution is 2.25. The first-order valence-electron chi connectivity index (χ1n) is 9.76. The van der Waals surface area contributed by atoms with E-state index in [2.05, 4.69) is 11.9 Å². The van der Waals surface area contributed by atoms with Crippen LogP contribution in [0.25, 0.3) is 0 Å². The van der Waals surface area contributed by atoms with Gasteiger partial charge < -0.3 is 9.47 Å². The fourth-order valence-corrected chi connectivity index (χ4v) is 3.66. The number of methoxy groups -OCH3 is 1. The lowest BCUT2D eigenvalue weighted by atomic mass is 10.1. The van der Waals surface area contributed by atoms with Crippen LogP contribution in [0.4, 0.5) is 10.5 Å². The maximum atomic E-state index is 12.8. The lowest BCUT2D eigenvalue weighted by molar-refractivity contribution is 0.0635. The highest BCUT2D eigenvalue weighted by atomic mass is 32.2. The minimum Gasteiger partial charge on any atom is -0.497 e. The van der Waals surface area contributed by atoms with E-state index in [4.69, 9.17) is 9.47 Å². The van der Waals surface area contributed by atoms with E-state index in [9.17, 15) is 9.59 Å². The Bertz CT molecular complexity index is 902. The van der Waals surface area contributed by atoms with Crippen molar-refractivity contribution >= 4 is 28.7 Å². The summed E-state index contributed by atoms with van der Waals surface area (Å²) in [5.74, 6) is 1.23. The van der Waals surface area contributed by atoms with Gasteiger partial charge in [-0.25, -0.2) is 4.79 Å². The summed E-state index contributed by atoms with van der Waals surface area (Å²) in [6.45, 7) is 9.22. The molecule has 0 aliphatic carbocycles. The van der Waals surface area contributed by atoms with E-state index >= 15 is 0 Å². The number of nitrogens with one attached hydrogen (secondary N) is 1. The van der Waals surface area contributed by atoms with Crippen LogP contribution in [-0.4, -0.2) is 29.7 Å². The van der Waals surface area contributed by atoms with Crippen molar-refractivity contribution in [2.24, 2.45) is 0 Å². The smallest absolute Gasteiger partial charge is 0.412 e. The Hall–Kier alpha value is -2.73. The molecule has 0 spiro atoms. The molecular weight excluding hydrogens is 398 g/mol. The molecule has 0 atom stereocenters. The molecule has 0 aliphatic heterocycles. The van der Waals surface area contributed by atoms with Crippen molar-refractivity contribution in [1.29, 1.82) is 0 Å². The lowest BCUT2D eigenvalue weighted by Gasteiger charge is -2.20. The second-order valence-corrected chi connectivity index (χ2v) is 8.75. The number of rotatable bonds is 8. The Labute approximate surface area is 182 Å². The van der Waals surface area contributed by atoms with E-state index in [1.54, 1.807) is 19.3 Å². The molecule has 0 unspecified atom stereocenters. The third kappa shape index (κ3) is 7.26. The summed E-state index contributed by atoms with van der Waals surface area (Å²) in [5.41, 5.74) is 2.63. The Kier molecular flexibility index (Phi) is 8.54. The van der Waals surface area contributed by atoms with Crippen molar-refractivity contribution in [2.75, 3.05) is 18.2 Å². The normalized spacial score (nSPS) is 10.9. The summed E-state index contributed by atoms with van der Waals surface area (Å²) < 4.78 is 10.6. The summed E-state index contributed by atoms with van der Waals surface area (Å²) >= 11 is 1.25. The lowest BCUT2D eigenvalue weighted by Crippen LogP contribution is -2.27. The molecule has 0 aliphatic rings. The molecule has 2 aromatic rings. The largest absolute Gasteiger partial charge is 0.497 e. The number of anilines is 1. The Morgan fingerprint density at radius 3 is 2.53 bits per heavy atom. The van der Waals surface area contributed by atoms with Crippen LogP contribution in [0.15, 0.2) is 55.1 Å². The van der Waals surface area contributed by atoms with Crippen molar-refractivity contribution in [3.8, 4) is 5.75 Å². The molecule has 0 aromatic heterocycles. The average Bonchev–Trinajstić information content (AvgIpc) is 2.68. The van der Waals surface area contributed by atoms with E-state index < -0.39 is 11.7 Å². The number of hydrogen-bond donors (Lipinski definition) is 1. The highest BCUT2D eigenvalue weighted by molar-refractivity contribution is 8.14. The summed E-state index contributed by atoms with van der Waals surface area (Å²) in [5, 5.41) is 2.78. The van der Waals surface area contributed by atoms with Gasteiger partial charge in [0.05, 0.1) is 7.11 Å². The predicted molar refractivity (Wildman–Crippen MR) is 124 cm³/mol. The molecule has 0 bridgehead atoms. The number of amides is 1. The number of ether oxygens (including phenoxy) is 2. The zero-order valence-corrected chi connectivity index (χ0v) is 18.8. The zero-order chi connectivity index (χ0) is 22.1. The van der Waals surface area contributed by atoms with E-state index in [0.717, 1.165) is 11.1 Å². The zero-order valence-electron chi connectivity index (χ0n) is 18.0. The molecule has 1 amide bonds. The monoisotopic (exact) mass is 427 g/mol. The van der Waals surface area contributed by atoms with Crippen LogP contribution in [0.5, 0.6) is 5.75 Å². The van der Waals surface area contributed by atoms with Crippen LogP contribution in [0.2, 0.25) is 0 Å². The first kappa shape index (κ1) is 23.5. The van der Waals surface area contributed by atoms with Crippen molar-refractivity contribution in [3.63, 3.8) is 0 Å². The van der Waals surface area contributed by atoms with Crippen molar-refractivity contribution < 1.29 is 19.1 Å². The summed E-state index contributed by atoms with van der Waals surface area (Å²) in [6, 6.07) is 13.0. The minimum absolute atomic E-state index is 0.0108. The fraction of sp³-hybridized carbons (Fsp3) is 0.333. The number of carbonyl (C=O) groups excluding carboxylic acids is 2. The number of thioether (sulfide) groups is 1. The quantitative estimate of drug-likeness (QED) is 0.532. The van der Waals surface area contributed by atoms with E-state index in [1.807, 2.05) is 57.2 Å². The van der Waals surface area contributed by atoms with Gasteiger partial charge in [-0.15, -0.1) is 6.58 Å². The summed E-state index contributed by atoms with van der Waals surface area (Å²) in [7, 11) is 1.58. The van der Waals surface area contributed by atoms with Crippen molar-refractivity contribution in [3.05, 3.63) is 71.8 Å². The Morgan fingerprint density at radius 2 is 1.87 bits per heavy atom. The van der Waals surface area contributed by atoms with Gasteiger partial charge in [0.2, 0.25) is 5.12 Å². The van der Waals surface area contributed by atoms with Gasteiger partial charge in [-0.1, -0.05) is 42.1 Å². The molecule has 6 heteroatoms. The molecule has 1 N–H and O–H groups in total. The van der Waals surface area contributed by atoms with Gasteiger partial charge in [-0.3, -0.25) is 10.1 Å². The highest BCUT2D eigenvalue weighted by Gasteiger charge is 2.17. The molecule has 0 fully saturated rings. The van der Waals surface area contributed by atoms with Crippen LogP contribution < -0.4 is 10.1 Å². The molecule has 0 radical (unpaired) electrons. The second kappa shape index (κ2) is 10.9. The number of carbonyl (C=O) groups is 2. The minimum atomic E-state index is -0.568. The van der Waals surface area contributed by atoms with Crippen LogP contribution in [0, 0.1) is 0 Å². The first-order chi connectivity index (χ1) is 14.2. The molecule has 2 rings (SSSR count). The number of para-hydroxylation sites is 1. The summed E-state index contributed by atoms with van der Waals surface area (Å²) in [6.07, 6.45) is 2.53. The van der Waals surface area contributed by atoms with Gasteiger partial charge in [0.1, 0.15) is 11.4 Å². The van der Waals surface area contributed by atoms with E-state index in [-0.39, 0.29) is 5.12 Å². The molecule has 160 valence electrons.